The van der Waals surface area contributed by atoms with E-state index in [2.05, 4.69) is 30.7 Å². The Labute approximate surface area is 318 Å². The molecule has 0 aliphatic carbocycles. The molecule has 0 heterocycles. The monoisotopic (exact) mass is 680 g/mol. The first-order valence-corrected chi connectivity index (χ1v) is 14.7. The van der Waals surface area contributed by atoms with E-state index in [4.69, 9.17) is 11.5 Å². The van der Waals surface area contributed by atoms with Gasteiger partial charge in [0.15, 0.2) is 0 Å². The maximum atomic E-state index is 12.0. The second-order valence-electron chi connectivity index (χ2n) is 9.54. The van der Waals surface area contributed by atoms with Crippen molar-refractivity contribution >= 4 is 61.6 Å². The number of rotatable bonds is 9. The van der Waals surface area contributed by atoms with Gasteiger partial charge in [-0.15, -0.1) is 10.2 Å². The second kappa shape index (κ2) is 16.7. The van der Waals surface area contributed by atoms with Gasteiger partial charge in [0, 0.05) is 0 Å². The Balaban J connectivity index is 0.00000312. The van der Waals surface area contributed by atoms with Crippen LogP contribution in [0.2, 0.25) is 0 Å². The summed E-state index contributed by atoms with van der Waals surface area (Å²) in [6.45, 7) is 0. The molecule has 0 saturated heterocycles. The Kier molecular flexibility index (Phi) is 13.2. The van der Waals surface area contributed by atoms with Crippen LogP contribution in [0.4, 0.5) is 45.5 Å². The number of nitrogen functional groups attached to an aromatic ring is 2. The number of azo groups is 3. The van der Waals surface area contributed by atoms with Gasteiger partial charge in [-0.25, -0.2) is 0 Å². The molecule has 14 nitrogen and oxygen atoms in total. The molecule has 0 atom stereocenters. The largest absolute Gasteiger partial charge is 1.00 e. The number of carbonyl (C=O) groups excluding carboxylic acids is 1. The molecule has 48 heavy (non-hydrogen) atoms. The van der Waals surface area contributed by atoms with Crippen LogP contribution in [0.1, 0.15) is 10.4 Å². The Morgan fingerprint density at radius 1 is 0.625 bits per heavy atom. The summed E-state index contributed by atoms with van der Waals surface area (Å²) >= 11 is 0. The van der Waals surface area contributed by atoms with Crippen LogP contribution in [0, 0.1) is 0 Å². The number of nitrogens with two attached hydrogens (primary N) is 2. The van der Waals surface area contributed by atoms with Crippen molar-refractivity contribution in [3.63, 3.8) is 0 Å². The molecule has 0 radical (unpaired) electrons. The zero-order valence-electron chi connectivity index (χ0n) is 25.5. The second-order valence-corrected chi connectivity index (χ2v) is 10.9. The molecular weight excluding hydrogens is 658 g/mol. The van der Waals surface area contributed by atoms with Crippen molar-refractivity contribution in [1.82, 2.24) is 0 Å². The summed E-state index contributed by atoms with van der Waals surface area (Å²) in [4.78, 5) is 10.4. The summed E-state index contributed by atoms with van der Waals surface area (Å²) in [5, 5.41) is 46.9. The number of anilines is 2. The fourth-order valence-electron chi connectivity index (χ4n) is 4.08. The fourth-order valence-corrected chi connectivity index (χ4v) is 4.71. The summed E-state index contributed by atoms with van der Waals surface area (Å²) in [6.07, 6.45) is 0. The van der Waals surface area contributed by atoms with E-state index in [1.807, 2.05) is 0 Å². The van der Waals surface area contributed by atoms with Gasteiger partial charge in [-0.1, -0.05) is 54.3 Å². The van der Waals surface area contributed by atoms with Gasteiger partial charge < -0.3 is 26.5 Å². The average Bonchev–Trinajstić information content (AvgIpc) is 3.04. The maximum Gasteiger partial charge on any atom is 1.00 e. The molecule has 0 amide bonds. The van der Waals surface area contributed by atoms with E-state index in [9.17, 15) is 28.0 Å². The number of hydrogen-bond acceptors (Lipinski definition) is 13. The third-order valence-electron chi connectivity index (χ3n) is 6.42. The third-order valence-corrected chi connectivity index (χ3v) is 7.32. The van der Waals surface area contributed by atoms with Crippen LogP contribution in [0.15, 0.2) is 139 Å². The SMILES string of the molecule is Nc1c(N=Nc2ccccc2)cc(S(=O)(=O)O)c(N)c1N=Nc1ccc(-c2ccc(N=Nc3ccc([O-])c(C(=O)[O-])c3)cc2)cc1.[Na+].[Na+]. The predicted molar refractivity (Wildman–Crippen MR) is 166 cm³/mol. The van der Waals surface area contributed by atoms with Crippen LogP contribution in [0.3, 0.4) is 0 Å². The molecule has 0 aromatic heterocycles. The van der Waals surface area contributed by atoms with Gasteiger partial charge in [-0.2, -0.15) is 28.9 Å². The van der Waals surface area contributed by atoms with Crippen molar-refractivity contribution in [2.75, 3.05) is 11.5 Å². The van der Waals surface area contributed by atoms with E-state index >= 15 is 0 Å². The molecular formula is C31H22N8Na2O6S. The number of benzene rings is 5. The minimum atomic E-state index is -4.76. The first-order chi connectivity index (χ1) is 22.0. The Hall–Kier alpha value is -4.32. The van der Waals surface area contributed by atoms with E-state index in [0.717, 1.165) is 29.3 Å². The number of carbonyl (C=O) groups is 1. The minimum Gasteiger partial charge on any atom is -0.872 e. The molecule has 0 aliphatic rings. The van der Waals surface area contributed by atoms with Crippen LogP contribution >= 0.6 is 0 Å². The van der Waals surface area contributed by atoms with E-state index in [1.165, 1.54) is 6.07 Å². The molecule has 0 unspecified atom stereocenters. The van der Waals surface area contributed by atoms with E-state index in [-0.39, 0.29) is 81.9 Å². The zero-order valence-corrected chi connectivity index (χ0v) is 30.4. The van der Waals surface area contributed by atoms with Crippen molar-refractivity contribution in [3.05, 3.63) is 109 Å². The van der Waals surface area contributed by atoms with Crippen molar-refractivity contribution in [3.8, 4) is 16.9 Å². The summed E-state index contributed by atoms with van der Waals surface area (Å²) < 4.78 is 33.7. The predicted octanol–water partition coefficient (Wildman–Crippen LogP) is 0.456. The normalized spacial score (nSPS) is 11.4. The van der Waals surface area contributed by atoms with E-state index in [0.29, 0.717) is 17.1 Å². The summed E-state index contributed by atoms with van der Waals surface area (Å²) in [7, 11) is -4.76. The quantitative estimate of drug-likeness (QED) is 0.0852. The van der Waals surface area contributed by atoms with Crippen LogP contribution < -0.4 is 80.8 Å². The van der Waals surface area contributed by atoms with Crippen molar-refractivity contribution in [1.29, 1.82) is 0 Å². The first-order valence-electron chi connectivity index (χ1n) is 13.2. The number of carboxylic acid groups (broad SMARTS) is 1. The van der Waals surface area contributed by atoms with Gasteiger partial charge in [-0.05, 0) is 71.3 Å². The van der Waals surface area contributed by atoms with Crippen LogP contribution in [0.5, 0.6) is 5.75 Å². The van der Waals surface area contributed by atoms with E-state index < -0.39 is 38.0 Å². The molecule has 17 heteroatoms. The van der Waals surface area contributed by atoms with Crippen LogP contribution in [-0.4, -0.2) is 18.9 Å². The molecule has 5 rings (SSSR count). The first kappa shape index (κ1) is 38.1. The van der Waals surface area contributed by atoms with Gasteiger partial charge >= 0.3 is 59.1 Å². The molecule has 5 N–H and O–H groups in total. The number of aromatic carboxylic acids is 1. The molecule has 0 aliphatic heterocycles. The van der Waals surface area contributed by atoms with Gasteiger partial charge in [0.05, 0.1) is 40.1 Å². The van der Waals surface area contributed by atoms with Gasteiger partial charge in [0.2, 0.25) is 0 Å². The molecule has 230 valence electrons. The number of hydrogen-bond donors (Lipinski definition) is 3. The van der Waals surface area contributed by atoms with Gasteiger partial charge in [0.1, 0.15) is 16.3 Å². The van der Waals surface area contributed by atoms with Crippen LogP contribution in [-0.2, 0) is 10.1 Å². The average molecular weight is 681 g/mol. The molecule has 0 bridgehead atoms. The standard InChI is InChI=1S/C31H24N8O6S.2Na/c32-28-25(38-35-20-4-2-1-3-5-20)17-27(46(43,44)45)29(33)30(28)39-36-22-12-8-19(9-13-22)18-6-10-21(11-7-18)34-37-23-14-15-26(40)24(16-23)31(41)42;;/h1-17,40H,32-33H2,(H,41,42)(H,43,44,45);;/q;2*+1/p-2. The summed E-state index contributed by atoms with van der Waals surface area (Å²) in [6, 6.07) is 27.1. The third kappa shape index (κ3) is 9.40. The van der Waals surface area contributed by atoms with Crippen molar-refractivity contribution in [2.45, 2.75) is 4.90 Å². The van der Waals surface area contributed by atoms with Crippen molar-refractivity contribution in [2.24, 2.45) is 30.7 Å². The number of nitrogens with zero attached hydrogens (tertiary/aromatic N) is 6. The topological polar surface area (TPSA) is 244 Å². The number of carboxylic acids is 1. The molecule has 0 saturated carbocycles. The molecule has 5 aromatic rings. The zero-order chi connectivity index (χ0) is 32.8. The summed E-state index contributed by atoms with van der Waals surface area (Å²) in [5.74, 6) is -2.26. The maximum absolute atomic E-state index is 12.0. The van der Waals surface area contributed by atoms with Gasteiger partial charge in [0.25, 0.3) is 10.1 Å². The van der Waals surface area contributed by atoms with Crippen molar-refractivity contribution < 1.29 is 87.1 Å². The minimum absolute atomic E-state index is 0. The fraction of sp³-hybridized carbons (Fsp3) is 0. The molecule has 0 spiro atoms. The van der Waals surface area contributed by atoms with Gasteiger partial charge in [-0.3, -0.25) is 4.55 Å². The van der Waals surface area contributed by atoms with Crippen LogP contribution in [0.25, 0.3) is 11.1 Å². The summed E-state index contributed by atoms with van der Waals surface area (Å²) in [5.41, 5.74) is 14.1. The smallest absolute Gasteiger partial charge is 0.872 e. The Morgan fingerprint density at radius 3 is 1.65 bits per heavy atom. The molecule has 0 fully saturated rings. The van der Waals surface area contributed by atoms with E-state index in [1.54, 1.807) is 78.9 Å². The Bertz CT molecular complexity index is 2130. The molecule has 5 aromatic carbocycles. The Morgan fingerprint density at radius 2 is 1.10 bits per heavy atom.